The van der Waals surface area contributed by atoms with Gasteiger partial charge in [0.1, 0.15) is 5.75 Å². The number of hydrogen-bond donors (Lipinski definition) is 2. The van der Waals surface area contributed by atoms with Gasteiger partial charge in [0.2, 0.25) is 10.0 Å². The molecule has 1 fully saturated rings. The van der Waals surface area contributed by atoms with Crippen molar-refractivity contribution in [3.63, 3.8) is 0 Å². The van der Waals surface area contributed by atoms with E-state index in [0.29, 0.717) is 35.9 Å². The van der Waals surface area contributed by atoms with Gasteiger partial charge in [-0.1, -0.05) is 45.9 Å². The first-order chi connectivity index (χ1) is 18.9. The minimum Gasteiger partial charge on any atom is -0.496 e. The van der Waals surface area contributed by atoms with Gasteiger partial charge in [-0.2, -0.15) is 4.31 Å². The molecule has 40 heavy (non-hydrogen) atoms. The monoisotopic (exact) mass is 563 g/mol. The Labute approximate surface area is 236 Å². The maximum absolute atomic E-state index is 13.3. The second-order valence-electron chi connectivity index (χ2n) is 11.3. The van der Waals surface area contributed by atoms with Gasteiger partial charge in [-0.25, -0.2) is 8.42 Å². The number of methoxy groups -OCH3 is 1. The fourth-order valence-corrected chi connectivity index (χ4v) is 6.09. The largest absolute Gasteiger partial charge is 0.496 e. The number of carbonyl (C=O) groups is 2. The summed E-state index contributed by atoms with van der Waals surface area (Å²) in [5, 5.41) is 5.66. The van der Waals surface area contributed by atoms with Crippen LogP contribution in [0.25, 0.3) is 0 Å². The van der Waals surface area contributed by atoms with Crippen LogP contribution < -0.4 is 15.4 Å². The predicted octanol–water partition coefficient (Wildman–Crippen LogP) is 5.92. The lowest BCUT2D eigenvalue weighted by Gasteiger charge is -2.29. The van der Waals surface area contributed by atoms with Gasteiger partial charge in [-0.3, -0.25) is 9.59 Å². The zero-order chi connectivity index (χ0) is 29.1. The van der Waals surface area contributed by atoms with Crippen LogP contribution in [-0.2, 0) is 15.4 Å². The van der Waals surface area contributed by atoms with Crippen LogP contribution in [0.3, 0.4) is 0 Å². The molecule has 0 radical (unpaired) electrons. The molecule has 1 aliphatic heterocycles. The number of benzene rings is 3. The third kappa shape index (κ3) is 6.71. The highest BCUT2D eigenvalue weighted by molar-refractivity contribution is 7.89. The molecule has 2 N–H and O–H groups in total. The van der Waals surface area contributed by atoms with Crippen LogP contribution in [0.15, 0.2) is 71.6 Å². The zero-order valence-corrected chi connectivity index (χ0v) is 24.5. The van der Waals surface area contributed by atoms with Crippen molar-refractivity contribution in [1.29, 1.82) is 0 Å². The number of rotatable bonds is 7. The molecule has 0 aliphatic carbocycles. The van der Waals surface area contributed by atoms with Gasteiger partial charge in [0.15, 0.2) is 0 Å². The quantitative estimate of drug-likeness (QED) is 0.371. The van der Waals surface area contributed by atoms with E-state index in [-0.39, 0.29) is 27.5 Å². The lowest BCUT2D eigenvalue weighted by atomic mass is 9.87. The summed E-state index contributed by atoms with van der Waals surface area (Å²) in [6.07, 6.45) is 1.61. The van der Waals surface area contributed by atoms with E-state index < -0.39 is 15.9 Å². The molecule has 0 spiro atoms. The fraction of sp³-hybridized carbons (Fsp3) is 0.355. The summed E-state index contributed by atoms with van der Waals surface area (Å²) in [4.78, 5) is 26.1. The highest BCUT2D eigenvalue weighted by atomic mass is 32.2. The van der Waals surface area contributed by atoms with Crippen LogP contribution in [0.1, 0.15) is 66.8 Å². The van der Waals surface area contributed by atoms with Crippen molar-refractivity contribution in [1.82, 2.24) is 4.31 Å². The average molecular weight is 564 g/mol. The first-order valence-electron chi connectivity index (χ1n) is 13.4. The van der Waals surface area contributed by atoms with E-state index >= 15 is 0 Å². The molecule has 8 nitrogen and oxygen atoms in total. The van der Waals surface area contributed by atoms with Gasteiger partial charge in [0.25, 0.3) is 11.8 Å². The first-order valence-corrected chi connectivity index (χ1v) is 14.8. The summed E-state index contributed by atoms with van der Waals surface area (Å²) in [6.45, 7) is 9.36. The van der Waals surface area contributed by atoms with Crippen LogP contribution >= 0.6 is 0 Å². The van der Waals surface area contributed by atoms with Crippen molar-refractivity contribution >= 4 is 33.2 Å². The molecule has 0 aromatic heterocycles. The lowest BCUT2D eigenvalue weighted by Crippen LogP contribution is -2.37. The molecular weight excluding hydrogens is 526 g/mol. The molecule has 3 aromatic carbocycles. The minimum atomic E-state index is -3.75. The van der Waals surface area contributed by atoms with Gasteiger partial charge < -0.3 is 15.4 Å². The third-order valence-electron chi connectivity index (χ3n) is 7.19. The highest BCUT2D eigenvalue weighted by Gasteiger charge is 2.29. The van der Waals surface area contributed by atoms with Crippen LogP contribution in [0.4, 0.5) is 11.4 Å². The Morgan fingerprint density at radius 3 is 2.05 bits per heavy atom. The molecule has 3 aromatic rings. The lowest BCUT2D eigenvalue weighted by molar-refractivity contribution is 0.101. The molecule has 0 unspecified atom stereocenters. The molecule has 1 heterocycles. The average Bonchev–Trinajstić information content (AvgIpc) is 2.92. The summed E-state index contributed by atoms with van der Waals surface area (Å²) >= 11 is 0. The number of anilines is 2. The van der Waals surface area contributed by atoms with Crippen molar-refractivity contribution in [2.45, 2.75) is 50.8 Å². The second kappa shape index (κ2) is 11.8. The Kier molecular flexibility index (Phi) is 8.65. The molecule has 2 amide bonds. The number of hydrogen-bond acceptors (Lipinski definition) is 5. The van der Waals surface area contributed by atoms with E-state index in [1.165, 1.54) is 29.6 Å². The number of carbonyl (C=O) groups excluding carboxylic acids is 2. The highest BCUT2D eigenvalue weighted by Crippen LogP contribution is 2.29. The molecule has 1 aliphatic rings. The zero-order valence-electron chi connectivity index (χ0n) is 23.7. The normalized spacial score (nSPS) is 14.9. The smallest absolute Gasteiger partial charge is 0.259 e. The van der Waals surface area contributed by atoms with Crippen molar-refractivity contribution in [3.05, 3.63) is 83.4 Å². The Hall–Kier alpha value is -3.69. The topological polar surface area (TPSA) is 105 Å². The fourth-order valence-electron chi connectivity index (χ4n) is 4.60. The van der Waals surface area contributed by atoms with Crippen molar-refractivity contribution in [2.24, 2.45) is 5.92 Å². The summed E-state index contributed by atoms with van der Waals surface area (Å²) in [5.41, 5.74) is 2.68. The molecule has 0 bridgehead atoms. The number of nitrogens with one attached hydrogen (secondary N) is 2. The van der Waals surface area contributed by atoms with Gasteiger partial charge in [0, 0.05) is 30.0 Å². The SMILES string of the molecule is COc1ccc(S(=O)(=O)N2CCC(C)CC2)cc1C(=O)Nc1cccc(NC(=O)c2ccc(C(C)(C)C)cc2)c1. The minimum absolute atomic E-state index is 0.0137. The van der Waals surface area contributed by atoms with Crippen LogP contribution in [0.5, 0.6) is 5.75 Å². The Bertz CT molecular complexity index is 1490. The molecule has 9 heteroatoms. The van der Waals surface area contributed by atoms with Gasteiger partial charge in [-0.15, -0.1) is 0 Å². The van der Waals surface area contributed by atoms with Gasteiger partial charge in [-0.05, 0) is 78.3 Å². The van der Waals surface area contributed by atoms with E-state index in [0.717, 1.165) is 18.4 Å². The molecule has 0 saturated carbocycles. The molecule has 4 rings (SSSR count). The van der Waals surface area contributed by atoms with Crippen LogP contribution in [0, 0.1) is 5.92 Å². The first kappa shape index (κ1) is 29.3. The van der Waals surface area contributed by atoms with Gasteiger partial charge in [0.05, 0.1) is 17.6 Å². The van der Waals surface area contributed by atoms with E-state index in [2.05, 4.69) is 38.3 Å². The second-order valence-corrected chi connectivity index (χ2v) is 13.2. The van der Waals surface area contributed by atoms with Gasteiger partial charge >= 0.3 is 0 Å². The van der Waals surface area contributed by atoms with Crippen molar-refractivity contribution < 1.29 is 22.7 Å². The Morgan fingerprint density at radius 1 is 0.875 bits per heavy atom. The standard InChI is InChI=1S/C31H37N3O5S/c1-21-15-17-34(18-16-21)40(37,38)26-13-14-28(39-5)27(20-26)30(36)33-25-8-6-7-24(19-25)32-29(35)22-9-11-23(12-10-22)31(2,3)4/h6-14,19-21H,15-18H2,1-5H3,(H,32,35)(H,33,36). The Balaban J connectivity index is 1.50. The number of amides is 2. The maximum Gasteiger partial charge on any atom is 0.259 e. The maximum atomic E-state index is 13.3. The van der Waals surface area contributed by atoms with Crippen molar-refractivity contribution in [2.75, 3.05) is 30.8 Å². The summed E-state index contributed by atoms with van der Waals surface area (Å²) < 4.78 is 33.4. The van der Waals surface area contributed by atoms with E-state index in [4.69, 9.17) is 4.74 Å². The third-order valence-corrected chi connectivity index (χ3v) is 9.08. The van der Waals surface area contributed by atoms with E-state index in [9.17, 15) is 18.0 Å². The predicted molar refractivity (Wildman–Crippen MR) is 158 cm³/mol. The molecule has 0 atom stereocenters. The number of piperidine rings is 1. The van der Waals surface area contributed by atoms with E-state index in [1.54, 1.807) is 36.4 Å². The molecule has 1 saturated heterocycles. The molecular formula is C31H37N3O5S. The number of sulfonamides is 1. The molecule has 212 valence electrons. The summed E-state index contributed by atoms with van der Waals surface area (Å²) in [7, 11) is -2.32. The van der Waals surface area contributed by atoms with Crippen molar-refractivity contribution in [3.8, 4) is 5.75 Å². The van der Waals surface area contributed by atoms with E-state index in [1.807, 2.05) is 12.1 Å². The Morgan fingerprint density at radius 2 is 1.48 bits per heavy atom. The van der Waals surface area contributed by atoms with Crippen LogP contribution in [-0.4, -0.2) is 44.7 Å². The number of ether oxygens (including phenoxy) is 1. The van der Waals surface area contributed by atoms with Crippen LogP contribution in [0.2, 0.25) is 0 Å². The summed E-state index contributed by atoms with van der Waals surface area (Å²) in [6, 6.07) is 18.6. The number of nitrogens with zero attached hydrogens (tertiary/aromatic N) is 1. The summed E-state index contributed by atoms with van der Waals surface area (Å²) in [5.74, 6) is -0.0527.